The van der Waals surface area contributed by atoms with Crippen LogP contribution in [0.25, 0.3) is 0 Å². The third-order valence-electron chi connectivity index (χ3n) is 3.03. The van der Waals surface area contributed by atoms with Crippen molar-refractivity contribution >= 4 is 11.9 Å². The molecule has 0 amide bonds. The highest BCUT2D eigenvalue weighted by atomic mass is 16.1. The zero-order valence-electron chi connectivity index (χ0n) is 10.1. The van der Waals surface area contributed by atoms with Crippen LogP contribution in [0.15, 0.2) is 59.1 Å². The summed E-state index contributed by atoms with van der Waals surface area (Å²) in [6.07, 6.45) is 7.32. The lowest BCUT2D eigenvalue weighted by Crippen LogP contribution is -2.35. The molecule has 2 rings (SSSR count). The molecule has 1 atom stereocenters. The fourth-order valence-corrected chi connectivity index (χ4v) is 1.94. The zero-order valence-corrected chi connectivity index (χ0v) is 10.1. The van der Waals surface area contributed by atoms with E-state index in [9.17, 15) is 9.59 Å². The molecule has 0 saturated heterocycles. The number of ketones is 1. The summed E-state index contributed by atoms with van der Waals surface area (Å²) < 4.78 is 0. The molecule has 1 aromatic rings. The van der Waals surface area contributed by atoms with Gasteiger partial charge in [-0.1, -0.05) is 48.1 Å². The van der Waals surface area contributed by atoms with Crippen molar-refractivity contribution in [2.45, 2.75) is 18.9 Å². The van der Waals surface area contributed by atoms with Crippen LogP contribution in [0.5, 0.6) is 0 Å². The lowest BCUT2D eigenvalue weighted by atomic mass is 9.83. The van der Waals surface area contributed by atoms with Gasteiger partial charge in [-0.05, 0) is 13.0 Å². The monoisotopic (exact) mass is 239 g/mol. The Balaban J connectivity index is 2.42. The first-order chi connectivity index (χ1) is 8.68. The molecule has 0 fully saturated rings. The molecule has 0 saturated carbocycles. The van der Waals surface area contributed by atoms with Gasteiger partial charge in [-0.3, -0.25) is 4.79 Å². The van der Waals surface area contributed by atoms with Crippen LogP contribution in [0, 0.1) is 0 Å². The molecule has 1 unspecified atom stereocenters. The van der Waals surface area contributed by atoms with Crippen LogP contribution in [0.3, 0.4) is 0 Å². The second kappa shape index (κ2) is 4.94. The number of allylic oxidation sites excluding steroid dienone is 2. The standard InChI is InChI=1S/C15H13NO2/c1-12-7-9-15(10-8-12,16-11-17)14(18)13-5-3-2-4-6-13/h2-9H,10H2,1H3. The van der Waals surface area contributed by atoms with Crippen LogP contribution in [-0.2, 0) is 4.79 Å². The first kappa shape index (κ1) is 12.2. The quantitative estimate of drug-likeness (QED) is 0.462. The Hall–Kier alpha value is -2.25. The summed E-state index contributed by atoms with van der Waals surface area (Å²) in [5.74, 6) is -0.175. The van der Waals surface area contributed by atoms with Crippen molar-refractivity contribution in [2.24, 2.45) is 4.99 Å². The minimum Gasteiger partial charge on any atom is -0.291 e. The van der Waals surface area contributed by atoms with E-state index in [1.165, 1.54) is 6.08 Å². The van der Waals surface area contributed by atoms with Crippen molar-refractivity contribution in [3.05, 3.63) is 59.7 Å². The number of aliphatic imine (C=N–C) groups is 1. The maximum absolute atomic E-state index is 12.5. The van der Waals surface area contributed by atoms with Gasteiger partial charge in [0.2, 0.25) is 6.08 Å². The molecule has 1 aromatic carbocycles. The summed E-state index contributed by atoms with van der Waals surface area (Å²) in [4.78, 5) is 26.8. The van der Waals surface area contributed by atoms with Crippen LogP contribution in [0.1, 0.15) is 23.7 Å². The summed E-state index contributed by atoms with van der Waals surface area (Å²) in [6, 6.07) is 8.87. The zero-order chi connectivity index (χ0) is 13.0. The normalized spacial score (nSPS) is 21.9. The molecule has 0 radical (unpaired) electrons. The van der Waals surface area contributed by atoms with Crippen molar-refractivity contribution in [3.63, 3.8) is 0 Å². The van der Waals surface area contributed by atoms with E-state index in [1.807, 2.05) is 25.1 Å². The molecule has 0 bridgehead atoms. The smallest absolute Gasteiger partial charge is 0.236 e. The molecule has 0 aromatic heterocycles. The number of carbonyl (C=O) groups excluding carboxylic acids is 2. The number of hydrogen-bond acceptors (Lipinski definition) is 3. The number of rotatable bonds is 3. The Morgan fingerprint density at radius 2 is 2.06 bits per heavy atom. The average molecular weight is 239 g/mol. The first-order valence-electron chi connectivity index (χ1n) is 5.73. The summed E-state index contributed by atoms with van der Waals surface area (Å²) in [6.45, 7) is 1.94. The number of carbonyl (C=O) groups is 1. The molecule has 0 aliphatic heterocycles. The topological polar surface area (TPSA) is 46.5 Å². The van der Waals surface area contributed by atoms with E-state index in [2.05, 4.69) is 4.99 Å². The minimum absolute atomic E-state index is 0.175. The van der Waals surface area contributed by atoms with Gasteiger partial charge in [-0.2, -0.15) is 4.99 Å². The van der Waals surface area contributed by atoms with Crippen LogP contribution in [0.4, 0.5) is 0 Å². The third kappa shape index (κ3) is 2.22. The Morgan fingerprint density at radius 1 is 1.33 bits per heavy atom. The lowest BCUT2D eigenvalue weighted by Gasteiger charge is -2.24. The Labute approximate surface area is 106 Å². The van der Waals surface area contributed by atoms with Gasteiger partial charge in [-0.15, -0.1) is 0 Å². The molecular weight excluding hydrogens is 226 g/mol. The van der Waals surface area contributed by atoms with E-state index < -0.39 is 5.54 Å². The second-order valence-electron chi connectivity index (χ2n) is 4.31. The largest absolute Gasteiger partial charge is 0.291 e. The molecular formula is C15H13NO2. The van der Waals surface area contributed by atoms with E-state index in [1.54, 1.807) is 30.3 Å². The second-order valence-corrected chi connectivity index (χ2v) is 4.31. The number of benzene rings is 1. The predicted molar refractivity (Wildman–Crippen MR) is 69.1 cm³/mol. The lowest BCUT2D eigenvalue weighted by molar-refractivity contribution is 0.0922. The first-order valence-corrected chi connectivity index (χ1v) is 5.73. The van der Waals surface area contributed by atoms with Gasteiger partial charge >= 0.3 is 0 Å². The van der Waals surface area contributed by atoms with Gasteiger partial charge in [-0.25, -0.2) is 4.79 Å². The molecule has 3 heteroatoms. The van der Waals surface area contributed by atoms with Crippen LogP contribution in [0.2, 0.25) is 0 Å². The van der Waals surface area contributed by atoms with E-state index in [4.69, 9.17) is 0 Å². The minimum atomic E-state index is -1.12. The molecule has 0 heterocycles. The highest BCUT2D eigenvalue weighted by molar-refractivity contribution is 6.05. The number of isocyanates is 1. The molecule has 1 aliphatic rings. The predicted octanol–water partition coefficient (Wildman–Crippen LogP) is 2.85. The van der Waals surface area contributed by atoms with Gasteiger partial charge in [0.15, 0.2) is 11.3 Å². The SMILES string of the molecule is CC1=CCC(N=C=O)(C(=O)c2ccccc2)C=C1. The third-order valence-corrected chi connectivity index (χ3v) is 3.03. The van der Waals surface area contributed by atoms with Crippen LogP contribution >= 0.6 is 0 Å². The maximum atomic E-state index is 12.5. The fraction of sp³-hybridized carbons (Fsp3) is 0.200. The fourth-order valence-electron chi connectivity index (χ4n) is 1.94. The van der Waals surface area contributed by atoms with Crippen molar-refractivity contribution in [3.8, 4) is 0 Å². The van der Waals surface area contributed by atoms with Gasteiger partial charge in [0, 0.05) is 12.0 Å². The van der Waals surface area contributed by atoms with Gasteiger partial charge in [0.1, 0.15) is 0 Å². The maximum Gasteiger partial charge on any atom is 0.236 e. The van der Waals surface area contributed by atoms with Crippen molar-refractivity contribution in [1.82, 2.24) is 0 Å². The summed E-state index contributed by atoms with van der Waals surface area (Å²) in [5.41, 5.74) is 0.490. The summed E-state index contributed by atoms with van der Waals surface area (Å²) in [7, 11) is 0. The Morgan fingerprint density at radius 3 is 2.61 bits per heavy atom. The molecule has 0 N–H and O–H groups in total. The Bertz CT molecular complexity index is 565. The molecule has 0 spiro atoms. The van der Waals surface area contributed by atoms with Gasteiger partial charge < -0.3 is 0 Å². The summed E-state index contributed by atoms with van der Waals surface area (Å²) in [5, 5.41) is 0. The van der Waals surface area contributed by atoms with E-state index in [0.29, 0.717) is 12.0 Å². The highest BCUT2D eigenvalue weighted by Gasteiger charge is 2.36. The van der Waals surface area contributed by atoms with E-state index in [-0.39, 0.29) is 5.78 Å². The van der Waals surface area contributed by atoms with E-state index >= 15 is 0 Å². The molecule has 18 heavy (non-hydrogen) atoms. The van der Waals surface area contributed by atoms with Crippen molar-refractivity contribution in [1.29, 1.82) is 0 Å². The highest BCUT2D eigenvalue weighted by Crippen LogP contribution is 2.28. The van der Waals surface area contributed by atoms with Gasteiger partial charge in [0.25, 0.3) is 0 Å². The van der Waals surface area contributed by atoms with Crippen LogP contribution < -0.4 is 0 Å². The number of Topliss-reactive ketones (excluding diaryl/α,β-unsaturated/α-hetero) is 1. The molecule has 3 nitrogen and oxygen atoms in total. The van der Waals surface area contributed by atoms with Crippen molar-refractivity contribution < 1.29 is 9.59 Å². The summed E-state index contributed by atoms with van der Waals surface area (Å²) >= 11 is 0. The average Bonchev–Trinajstić information content (AvgIpc) is 2.42. The number of hydrogen-bond donors (Lipinski definition) is 0. The van der Waals surface area contributed by atoms with E-state index in [0.717, 1.165) is 5.57 Å². The van der Waals surface area contributed by atoms with Crippen molar-refractivity contribution in [2.75, 3.05) is 0 Å². The Kier molecular flexibility index (Phi) is 3.35. The number of nitrogens with zero attached hydrogens (tertiary/aromatic N) is 1. The molecule has 1 aliphatic carbocycles. The molecule has 90 valence electrons. The van der Waals surface area contributed by atoms with Crippen LogP contribution in [-0.4, -0.2) is 17.4 Å². The van der Waals surface area contributed by atoms with Gasteiger partial charge in [0.05, 0.1) is 0 Å².